The predicted molar refractivity (Wildman–Crippen MR) is 74.9 cm³/mol. The molecule has 0 fully saturated rings. The van der Waals surface area contributed by atoms with Crippen molar-refractivity contribution in [1.29, 1.82) is 5.26 Å². The Balaban J connectivity index is 2.40. The van der Waals surface area contributed by atoms with Crippen LogP contribution in [0.3, 0.4) is 0 Å². The van der Waals surface area contributed by atoms with Gasteiger partial charge in [0.1, 0.15) is 6.07 Å². The summed E-state index contributed by atoms with van der Waals surface area (Å²) in [4.78, 5) is 10.5. The third kappa shape index (κ3) is 5.43. The zero-order valence-electron chi connectivity index (χ0n) is 11.2. The number of carboxylic acid groups (broad SMARTS) is 1. The van der Waals surface area contributed by atoms with Gasteiger partial charge in [-0.3, -0.25) is 4.79 Å². The first-order valence-corrected chi connectivity index (χ1v) is 6.62. The van der Waals surface area contributed by atoms with Gasteiger partial charge in [-0.2, -0.15) is 5.26 Å². The summed E-state index contributed by atoms with van der Waals surface area (Å²) in [5.41, 5.74) is 1.49. The van der Waals surface area contributed by atoms with Gasteiger partial charge >= 0.3 is 5.97 Å². The van der Waals surface area contributed by atoms with Crippen LogP contribution in [-0.4, -0.2) is 17.6 Å². The van der Waals surface area contributed by atoms with Gasteiger partial charge in [0.2, 0.25) is 0 Å². The van der Waals surface area contributed by atoms with Gasteiger partial charge < -0.3 is 10.4 Å². The lowest BCUT2D eigenvalue weighted by Gasteiger charge is -2.15. The van der Waals surface area contributed by atoms with E-state index in [0.717, 1.165) is 25.1 Å². The molecule has 0 heterocycles. The van der Waals surface area contributed by atoms with Crippen LogP contribution in [0.2, 0.25) is 0 Å². The zero-order chi connectivity index (χ0) is 14.1. The molecule has 0 aliphatic rings. The second-order valence-electron chi connectivity index (χ2n) is 4.58. The van der Waals surface area contributed by atoms with Crippen molar-refractivity contribution in [3.8, 4) is 6.07 Å². The molecule has 1 aromatic rings. The van der Waals surface area contributed by atoms with Crippen molar-refractivity contribution >= 4 is 11.7 Å². The molecule has 19 heavy (non-hydrogen) atoms. The van der Waals surface area contributed by atoms with Crippen LogP contribution >= 0.6 is 0 Å². The van der Waals surface area contributed by atoms with E-state index in [-0.39, 0.29) is 6.42 Å². The van der Waals surface area contributed by atoms with E-state index in [1.54, 1.807) is 6.07 Å². The maximum atomic E-state index is 10.5. The number of rotatable bonds is 8. The highest BCUT2D eigenvalue weighted by Gasteiger charge is 2.09. The highest BCUT2D eigenvalue weighted by molar-refractivity contribution is 5.66. The van der Waals surface area contributed by atoms with Crippen molar-refractivity contribution in [2.45, 2.75) is 32.6 Å². The van der Waals surface area contributed by atoms with Crippen LogP contribution in [0, 0.1) is 17.2 Å². The fourth-order valence-corrected chi connectivity index (χ4v) is 2.03. The molecular weight excluding hydrogens is 240 g/mol. The van der Waals surface area contributed by atoms with E-state index >= 15 is 0 Å². The number of carboxylic acids is 1. The van der Waals surface area contributed by atoms with Crippen LogP contribution < -0.4 is 5.32 Å². The lowest BCUT2D eigenvalue weighted by atomic mass is 9.96. The molecule has 1 unspecified atom stereocenters. The van der Waals surface area contributed by atoms with E-state index in [1.165, 1.54) is 0 Å². The van der Waals surface area contributed by atoms with Crippen molar-refractivity contribution in [2.24, 2.45) is 5.92 Å². The number of aliphatic carboxylic acids is 1. The largest absolute Gasteiger partial charge is 0.481 e. The molecule has 4 nitrogen and oxygen atoms in total. The van der Waals surface area contributed by atoms with Crippen molar-refractivity contribution < 1.29 is 9.90 Å². The minimum atomic E-state index is -0.735. The van der Waals surface area contributed by atoms with E-state index in [4.69, 9.17) is 10.4 Å². The van der Waals surface area contributed by atoms with E-state index in [2.05, 4.69) is 18.3 Å². The van der Waals surface area contributed by atoms with Crippen LogP contribution in [0.25, 0.3) is 0 Å². The first-order chi connectivity index (χ1) is 9.17. The summed E-state index contributed by atoms with van der Waals surface area (Å²) in [6.45, 7) is 2.84. The number of carbonyl (C=O) groups is 1. The van der Waals surface area contributed by atoms with Crippen molar-refractivity contribution in [3.05, 3.63) is 29.8 Å². The Kier molecular flexibility index (Phi) is 6.45. The second-order valence-corrected chi connectivity index (χ2v) is 4.58. The van der Waals surface area contributed by atoms with E-state index in [9.17, 15) is 4.79 Å². The first kappa shape index (κ1) is 15.0. The van der Waals surface area contributed by atoms with E-state index in [1.807, 2.05) is 18.2 Å². The summed E-state index contributed by atoms with van der Waals surface area (Å²) >= 11 is 0. The normalized spacial score (nSPS) is 11.6. The molecule has 1 aromatic carbocycles. The first-order valence-electron chi connectivity index (χ1n) is 6.62. The van der Waals surface area contributed by atoms with Gasteiger partial charge in [0, 0.05) is 13.0 Å². The van der Waals surface area contributed by atoms with Crippen LogP contribution in [0.4, 0.5) is 5.69 Å². The van der Waals surface area contributed by atoms with E-state index in [0.29, 0.717) is 17.9 Å². The number of benzene rings is 1. The summed E-state index contributed by atoms with van der Waals surface area (Å²) in [6, 6.07) is 9.55. The molecule has 0 bridgehead atoms. The van der Waals surface area contributed by atoms with Crippen molar-refractivity contribution in [2.75, 3.05) is 11.9 Å². The fraction of sp³-hybridized carbons (Fsp3) is 0.467. The third-order valence-corrected chi connectivity index (χ3v) is 3.26. The summed E-state index contributed by atoms with van der Waals surface area (Å²) in [5.74, 6) is -0.320. The molecule has 0 aliphatic carbocycles. The molecule has 2 N–H and O–H groups in total. The third-order valence-electron chi connectivity index (χ3n) is 3.26. The van der Waals surface area contributed by atoms with Gasteiger partial charge in [0.15, 0.2) is 0 Å². The molecule has 0 spiro atoms. The molecule has 0 radical (unpaired) electrons. The molecular formula is C15H20N2O2. The quantitative estimate of drug-likeness (QED) is 0.752. The molecule has 1 atom stereocenters. The molecule has 0 amide bonds. The smallest absolute Gasteiger partial charge is 0.303 e. The SMILES string of the molecule is CCC(CCNc1ccccc1C#N)CCC(=O)O. The predicted octanol–water partition coefficient (Wildman–Crippen LogP) is 3.25. The highest BCUT2D eigenvalue weighted by atomic mass is 16.4. The minimum absolute atomic E-state index is 0.229. The Morgan fingerprint density at radius 3 is 2.79 bits per heavy atom. The minimum Gasteiger partial charge on any atom is -0.481 e. The molecule has 102 valence electrons. The zero-order valence-corrected chi connectivity index (χ0v) is 11.2. The number of nitriles is 1. The number of nitrogens with zero attached hydrogens (tertiary/aromatic N) is 1. The highest BCUT2D eigenvalue weighted by Crippen LogP contribution is 2.17. The van der Waals surface area contributed by atoms with Gasteiger partial charge in [-0.05, 0) is 30.9 Å². The number of hydrogen-bond donors (Lipinski definition) is 2. The average Bonchev–Trinajstić information content (AvgIpc) is 2.42. The average molecular weight is 260 g/mol. The lowest BCUT2D eigenvalue weighted by molar-refractivity contribution is -0.137. The van der Waals surface area contributed by atoms with Crippen LogP contribution in [0.5, 0.6) is 0 Å². The number of para-hydroxylation sites is 1. The van der Waals surface area contributed by atoms with Gasteiger partial charge in [-0.25, -0.2) is 0 Å². The monoisotopic (exact) mass is 260 g/mol. The van der Waals surface area contributed by atoms with Gasteiger partial charge in [-0.1, -0.05) is 25.5 Å². The summed E-state index contributed by atoms with van der Waals surface area (Å²) < 4.78 is 0. The maximum absolute atomic E-state index is 10.5. The molecule has 4 heteroatoms. The van der Waals surface area contributed by atoms with Crippen LogP contribution in [0.15, 0.2) is 24.3 Å². The summed E-state index contributed by atoms with van der Waals surface area (Å²) in [7, 11) is 0. The second kappa shape index (κ2) is 8.15. The fourth-order valence-electron chi connectivity index (χ4n) is 2.03. The van der Waals surface area contributed by atoms with Crippen LogP contribution in [-0.2, 0) is 4.79 Å². The summed E-state index contributed by atoms with van der Waals surface area (Å²) in [6.07, 6.45) is 2.85. The molecule has 0 aliphatic heterocycles. The topological polar surface area (TPSA) is 73.1 Å². The Morgan fingerprint density at radius 2 is 2.16 bits per heavy atom. The lowest BCUT2D eigenvalue weighted by Crippen LogP contribution is -2.11. The standard InChI is InChI=1S/C15H20N2O2/c1-2-12(7-8-15(18)19)9-10-17-14-6-4-3-5-13(14)11-16/h3-6,12,17H,2,7-10H2,1H3,(H,18,19). The number of hydrogen-bond acceptors (Lipinski definition) is 3. The molecule has 1 rings (SSSR count). The Morgan fingerprint density at radius 1 is 1.42 bits per heavy atom. The number of anilines is 1. The molecule has 0 saturated heterocycles. The summed E-state index contributed by atoms with van der Waals surface area (Å²) in [5, 5.41) is 20.9. The van der Waals surface area contributed by atoms with Gasteiger partial charge in [0.05, 0.1) is 11.3 Å². The Hall–Kier alpha value is -2.02. The molecule has 0 saturated carbocycles. The van der Waals surface area contributed by atoms with Gasteiger partial charge in [0.25, 0.3) is 0 Å². The molecule has 0 aromatic heterocycles. The van der Waals surface area contributed by atoms with Gasteiger partial charge in [-0.15, -0.1) is 0 Å². The maximum Gasteiger partial charge on any atom is 0.303 e. The Bertz CT molecular complexity index is 452. The van der Waals surface area contributed by atoms with E-state index < -0.39 is 5.97 Å². The van der Waals surface area contributed by atoms with Crippen molar-refractivity contribution in [3.63, 3.8) is 0 Å². The van der Waals surface area contributed by atoms with Crippen LogP contribution in [0.1, 0.15) is 38.2 Å². The number of nitrogens with one attached hydrogen (secondary N) is 1. The van der Waals surface area contributed by atoms with Crippen molar-refractivity contribution in [1.82, 2.24) is 0 Å². The Labute approximate surface area is 114 Å².